The quantitative estimate of drug-likeness (QED) is 0.877. The van der Waals surface area contributed by atoms with E-state index in [1.54, 1.807) is 18.2 Å². The van der Waals surface area contributed by atoms with Gasteiger partial charge in [-0.05, 0) is 50.8 Å². The first kappa shape index (κ1) is 16.6. The molecule has 1 aliphatic rings. The fourth-order valence-electron chi connectivity index (χ4n) is 2.81. The lowest BCUT2D eigenvalue weighted by Gasteiger charge is -2.27. The zero-order chi connectivity index (χ0) is 15.2. The summed E-state index contributed by atoms with van der Waals surface area (Å²) < 4.78 is 0. The number of likely N-dealkylation sites (tertiary alicyclic amines) is 1. The number of hydrogen-bond donors (Lipinski definition) is 2. The van der Waals surface area contributed by atoms with Crippen molar-refractivity contribution in [1.82, 2.24) is 0 Å². The van der Waals surface area contributed by atoms with Crippen molar-refractivity contribution < 1.29 is 9.69 Å². The fraction of sp³-hybridized carbons (Fsp3) is 0.562. The highest BCUT2D eigenvalue weighted by Crippen LogP contribution is 2.25. The summed E-state index contributed by atoms with van der Waals surface area (Å²) in [6.45, 7) is 4.13. The summed E-state index contributed by atoms with van der Waals surface area (Å²) in [5, 5.41) is 3.99. The number of quaternary nitrogens is 1. The van der Waals surface area contributed by atoms with Gasteiger partial charge in [0.2, 0.25) is 0 Å². The molecule has 0 aliphatic carbocycles. The number of anilines is 1. The van der Waals surface area contributed by atoms with Crippen LogP contribution in [-0.4, -0.2) is 25.0 Å². The number of carbonyl (C=O) groups is 1. The molecule has 0 saturated carbocycles. The molecule has 2 N–H and O–H groups in total. The van der Waals surface area contributed by atoms with Gasteiger partial charge in [-0.15, -0.1) is 0 Å². The van der Waals surface area contributed by atoms with E-state index in [-0.39, 0.29) is 11.9 Å². The van der Waals surface area contributed by atoms with Gasteiger partial charge in [0.1, 0.15) is 0 Å². The summed E-state index contributed by atoms with van der Waals surface area (Å²) in [4.78, 5) is 13.8. The number of carbonyl (C=O) groups excluding carboxylic acids is 1. The third-order valence-corrected chi connectivity index (χ3v) is 4.75. The molecule has 1 aliphatic heterocycles. The molecule has 116 valence electrons. The Morgan fingerprint density at radius 2 is 1.76 bits per heavy atom. The standard InChI is InChI=1S/C16H22Cl2N2O/c1-12(20-9-5-3-2-4-6-10-20)16(21)19-15-11-13(17)7-8-14(15)18/h7-8,11-12H,2-6,9-10H2,1H3,(H,19,21)/p+1/t12-/m0/s1. The molecule has 21 heavy (non-hydrogen) atoms. The number of rotatable bonds is 3. The van der Waals surface area contributed by atoms with Crippen molar-refractivity contribution in [3.8, 4) is 0 Å². The van der Waals surface area contributed by atoms with Crippen LogP contribution in [-0.2, 0) is 4.79 Å². The van der Waals surface area contributed by atoms with Crippen molar-refractivity contribution >= 4 is 34.8 Å². The van der Waals surface area contributed by atoms with Crippen LogP contribution in [0.2, 0.25) is 10.0 Å². The summed E-state index contributed by atoms with van der Waals surface area (Å²) in [6, 6.07) is 5.04. The molecule has 0 aromatic heterocycles. The van der Waals surface area contributed by atoms with Crippen LogP contribution in [0.4, 0.5) is 5.69 Å². The average molecular weight is 330 g/mol. The summed E-state index contributed by atoms with van der Waals surface area (Å²) in [6.07, 6.45) is 6.28. The molecular formula is C16H23Cl2N2O+. The highest BCUT2D eigenvalue weighted by atomic mass is 35.5. The van der Waals surface area contributed by atoms with E-state index in [1.165, 1.54) is 37.0 Å². The first-order valence-electron chi connectivity index (χ1n) is 7.68. The van der Waals surface area contributed by atoms with Crippen molar-refractivity contribution in [2.45, 2.75) is 45.1 Å². The van der Waals surface area contributed by atoms with Gasteiger partial charge in [0.05, 0.1) is 23.8 Å². The first-order valence-corrected chi connectivity index (χ1v) is 8.44. The minimum Gasteiger partial charge on any atom is -0.325 e. The lowest BCUT2D eigenvalue weighted by molar-refractivity contribution is -0.914. The van der Waals surface area contributed by atoms with Crippen molar-refractivity contribution in [2.75, 3.05) is 18.4 Å². The second-order valence-corrected chi connectivity index (χ2v) is 6.60. The average Bonchev–Trinajstić information content (AvgIpc) is 2.42. The predicted octanol–water partition coefficient (Wildman–Crippen LogP) is 3.17. The van der Waals surface area contributed by atoms with Gasteiger partial charge in [-0.2, -0.15) is 0 Å². The Balaban J connectivity index is 1.99. The Kier molecular flexibility index (Phi) is 6.34. The monoisotopic (exact) mass is 329 g/mol. The van der Waals surface area contributed by atoms with Crippen LogP contribution in [0, 0.1) is 0 Å². The van der Waals surface area contributed by atoms with Gasteiger partial charge in [-0.25, -0.2) is 0 Å². The van der Waals surface area contributed by atoms with Crippen LogP contribution in [0.3, 0.4) is 0 Å². The summed E-state index contributed by atoms with van der Waals surface area (Å²) in [5.41, 5.74) is 0.590. The molecule has 1 fully saturated rings. The normalized spacial score (nSPS) is 18.6. The summed E-state index contributed by atoms with van der Waals surface area (Å²) in [7, 11) is 0. The maximum Gasteiger partial charge on any atom is 0.282 e. The van der Waals surface area contributed by atoms with Crippen LogP contribution >= 0.6 is 23.2 Å². The zero-order valence-electron chi connectivity index (χ0n) is 12.4. The molecule has 1 aromatic rings. The van der Waals surface area contributed by atoms with Crippen molar-refractivity contribution in [3.63, 3.8) is 0 Å². The molecule has 0 bridgehead atoms. The predicted molar refractivity (Wildman–Crippen MR) is 88.3 cm³/mol. The second-order valence-electron chi connectivity index (χ2n) is 5.76. The molecule has 1 atom stereocenters. The second kappa shape index (κ2) is 8.02. The van der Waals surface area contributed by atoms with Crippen LogP contribution in [0.25, 0.3) is 0 Å². The van der Waals surface area contributed by atoms with E-state index in [2.05, 4.69) is 5.32 Å². The largest absolute Gasteiger partial charge is 0.325 e. The molecule has 3 nitrogen and oxygen atoms in total. The maximum atomic E-state index is 12.4. The summed E-state index contributed by atoms with van der Waals surface area (Å²) in [5.74, 6) is 0.00902. The van der Waals surface area contributed by atoms with Gasteiger partial charge >= 0.3 is 0 Å². The smallest absolute Gasteiger partial charge is 0.282 e. The van der Waals surface area contributed by atoms with E-state index >= 15 is 0 Å². The molecule has 1 saturated heterocycles. The molecule has 1 heterocycles. The van der Waals surface area contributed by atoms with E-state index in [0.29, 0.717) is 15.7 Å². The van der Waals surface area contributed by atoms with E-state index < -0.39 is 0 Å². The minimum absolute atomic E-state index is 0.00902. The van der Waals surface area contributed by atoms with Crippen molar-refractivity contribution in [2.24, 2.45) is 0 Å². The Hall–Kier alpha value is -0.770. The molecule has 5 heteroatoms. The van der Waals surface area contributed by atoms with Gasteiger partial charge in [0.25, 0.3) is 5.91 Å². The molecule has 2 rings (SSSR count). The molecule has 1 aromatic carbocycles. The highest BCUT2D eigenvalue weighted by Gasteiger charge is 2.25. The van der Waals surface area contributed by atoms with Gasteiger partial charge in [0.15, 0.2) is 6.04 Å². The lowest BCUT2D eigenvalue weighted by atomic mass is 10.1. The van der Waals surface area contributed by atoms with Gasteiger partial charge in [-0.3, -0.25) is 4.79 Å². The molecular weight excluding hydrogens is 307 g/mol. The Morgan fingerprint density at radius 1 is 1.14 bits per heavy atom. The van der Waals surface area contributed by atoms with Crippen molar-refractivity contribution in [1.29, 1.82) is 0 Å². The fourth-order valence-corrected chi connectivity index (χ4v) is 3.15. The van der Waals surface area contributed by atoms with E-state index in [4.69, 9.17) is 23.2 Å². The molecule has 0 radical (unpaired) electrons. The van der Waals surface area contributed by atoms with E-state index in [1.807, 2.05) is 6.92 Å². The number of amides is 1. The van der Waals surface area contributed by atoms with E-state index in [0.717, 1.165) is 13.1 Å². The first-order chi connectivity index (χ1) is 10.1. The van der Waals surface area contributed by atoms with Crippen molar-refractivity contribution in [3.05, 3.63) is 28.2 Å². The Labute approximate surface area is 136 Å². The van der Waals surface area contributed by atoms with Gasteiger partial charge < -0.3 is 10.2 Å². The summed E-state index contributed by atoms with van der Waals surface area (Å²) >= 11 is 12.1. The number of nitrogens with one attached hydrogen (secondary N) is 2. The number of halogens is 2. The van der Waals surface area contributed by atoms with Crippen LogP contribution in [0.1, 0.15) is 39.0 Å². The Bertz CT molecular complexity index is 485. The zero-order valence-corrected chi connectivity index (χ0v) is 13.9. The molecule has 0 unspecified atom stereocenters. The SMILES string of the molecule is C[C@@H](C(=O)Nc1cc(Cl)ccc1Cl)[NH+]1CCCCCCC1. The minimum atomic E-state index is -0.0712. The number of benzene rings is 1. The third kappa shape index (κ3) is 4.87. The lowest BCUT2D eigenvalue weighted by Crippen LogP contribution is -3.16. The number of hydrogen-bond acceptors (Lipinski definition) is 1. The maximum absolute atomic E-state index is 12.4. The Morgan fingerprint density at radius 3 is 2.43 bits per heavy atom. The molecule has 1 amide bonds. The third-order valence-electron chi connectivity index (χ3n) is 4.19. The highest BCUT2D eigenvalue weighted by molar-refractivity contribution is 6.35. The van der Waals surface area contributed by atoms with Gasteiger partial charge in [0, 0.05) is 5.02 Å². The molecule has 0 spiro atoms. The van der Waals surface area contributed by atoms with Gasteiger partial charge in [-0.1, -0.05) is 29.6 Å². The van der Waals surface area contributed by atoms with Crippen LogP contribution in [0.15, 0.2) is 18.2 Å². The van der Waals surface area contributed by atoms with Crippen LogP contribution in [0.5, 0.6) is 0 Å². The van der Waals surface area contributed by atoms with Crippen LogP contribution < -0.4 is 10.2 Å². The van der Waals surface area contributed by atoms with E-state index in [9.17, 15) is 4.79 Å². The topological polar surface area (TPSA) is 33.5 Å².